The molecule has 0 atom stereocenters. The van der Waals surface area contributed by atoms with E-state index in [1.54, 1.807) is 12.1 Å². The summed E-state index contributed by atoms with van der Waals surface area (Å²) in [6.07, 6.45) is 6.89. The molecule has 24 heavy (non-hydrogen) atoms. The Bertz CT molecular complexity index is 796. The molecule has 0 fully saturated rings. The number of hydrogen-bond acceptors (Lipinski definition) is 5. The minimum atomic E-state index is -0.398. The predicted octanol–water partition coefficient (Wildman–Crippen LogP) is 2.42. The Morgan fingerprint density at radius 3 is 2.92 bits per heavy atom. The van der Waals surface area contributed by atoms with Gasteiger partial charge in [-0.3, -0.25) is 9.59 Å². The summed E-state index contributed by atoms with van der Waals surface area (Å²) < 4.78 is 11.6. The lowest BCUT2D eigenvalue weighted by Gasteiger charge is -2.12. The second-order valence-corrected chi connectivity index (χ2v) is 6.73. The lowest BCUT2D eigenvalue weighted by atomic mass is 10.2. The fourth-order valence-electron chi connectivity index (χ4n) is 1.84. The van der Waals surface area contributed by atoms with E-state index < -0.39 is 5.91 Å². The number of aliphatic imine (C=N–C) groups is 1. The average molecular weight is 456 g/mol. The highest BCUT2D eigenvalue weighted by molar-refractivity contribution is 14.1. The summed E-state index contributed by atoms with van der Waals surface area (Å²) in [6.45, 7) is 1.49. The van der Waals surface area contributed by atoms with E-state index in [-0.39, 0.29) is 17.7 Å². The molecule has 1 heterocycles. The van der Waals surface area contributed by atoms with Gasteiger partial charge in [0.05, 0.1) is 15.6 Å². The van der Waals surface area contributed by atoms with Gasteiger partial charge in [0.15, 0.2) is 16.7 Å². The zero-order valence-corrected chi connectivity index (χ0v) is 15.9. The number of carbonyl (C=O) groups is 2. The molecule has 0 saturated carbocycles. The molecular weight excluding hydrogens is 443 g/mol. The smallest absolute Gasteiger partial charge is 0.286 e. The number of nitrogens with zero attached hydrogens (tertiary/aromatic N) is 1. The molecule has 6 nitrogen and oxygen atoms in total. The summed E-state index contributed by atoms with van der Waals surface area (Å²) in [4.78, 5) is 27.2. The Morgan fingerprint density at radius 2 is 2.29 bits per heavy atom. The van der Waals surface area contributed by atoms with Gasteiger partial charge < -0.3 is 14.8 Å². The number of halogens is 1. The van der Waals surface area contributed by atoms with E-state index in [0.29, 0.717) is 16.4 Å². The Labute approximate surface area is 157 Å². The fourth-order valence-corrected chi connectivity index (χ4v) is 3.48. The molecule has 1 aliphatic rings. The van der Waals surface area contributed by atoms with Crippen LogP contribution in [-0.2, 0) is 9.59 Å². The number of hydrogen-bond donors (Lipinski definition) is 1. The van der Waals surface area contributed by atoms with E-state index in [1.165, 1.54) is 14.0 Å². The van der Waals surface area contributed by atoms with Crippen molar-refractivity contribution in [3.05, 3.63) is 26.2 Å². The number of methoxy groups -OCH3 is 1. The van der Waals surface area contributed by atoms with Gasteiger partial charge in [-0.15, -0.1) is 6.42 Å². The first kappa shape index (κ1) is 18.4. The van der Waals surface area contributed by atoms with E-state index in [2.05, 4.69) is 38.8 Å². The van der Waals surface area contributed by atoms with Crippen molar-refractivity contribution in [1.82, 2.24) is 5.32 Å². The molecule has 0 aliphatic carbocycles. The van der Waals surface area contributed by atoms with Crippen LogP contribution in [0.1, 0.15) is 12.5 Å². The van der Waals surface area contributed by atoms with Crippen LogP contribution in [0.5, 0.6) is 11.5 Å². The van der Waals surface area contributed by atoms with E-state index in [4.69, 9.17) is 15.9 Å². The molecule has 0 bridgehead atoms. The number of ether oxygens (including phenoxy) is 2. The first-order valence-corrected chi connectivity index (χ1v) is 8.58. The highest BCUT2D eigenvalue weighted by atomic mass is 127. The van der Waals surface area contributed by atoms with Gasteiger partial charge in [0.1, 0.15) is 6.61 Å². The molecule has 1 aromatic rings. The van der Waals surface area contributed by atoms with Gasteiger partial charge in [0, 0.05) is 6.92 Å². The molecular formula is C16H13IN2O4S. The zero-order chi connectivity index (χ0) is 17.7. The van der Waals surface area contributed by atoms with E-state index >= 15 is 0 Å². The van der Waals surface area contributed by atoms with Crippen LogP contribution in [0.25, 0.3) is 6.08 Å². The summed E-state index contributed by atoms with van der Waals surface area (Å²) in [5.41, 5.74) is 0.749. The van der Waals surface area contributed by atoms with Crippen molar-refractivity contribution in [2.45, 2.75) is 6.92 Å². The van der Waals surface area contributed by atoms with Crippen LogP contribution in [0.4, 0.5) is 0 Å². The van der Waals surface area contributed by atoms with Crippen molar-refractivity contribution in [2.24, 2.45) is 4.99 Å². The number of nitrogens with one attached hydrogen (secondary N) is 1. The largest absolute Gasteiger partial charge is 0.493 e. The predicted molar refractivity (Wildman–Crippen MR) is 102 cm³/mol. The second-order valence-electron chi connectivity index (χ2n) is 4.54. The highest BCUT2D eigenvalue weighted by Gasteiger charge is 2.23. The fraction of sp³-hybridized carbons (Fsp3) is 0.188. The minimum absolute atomic E-state index is 0.134. The third-order valence-electron chi connectivity index (χ3n) is 2.75. The number of amides is 2. The first-order chi connectivity index (χ1) is 11.4. The summed E-state index contributed by atoms with van der Waals surface area (Å²) in [6, 6.07) is 3.58. The molecule has 1 aliphatic heterocycles. The standard InChI is InChI=1S/C16H13IN2O4S/c1-4-5-23-14-11(17)6-10(7-12(14)22-3)8-13-15(21)19-16(24-13)18-9(2)20/h1,6-8H,5H2,2-3H3,(H,18,19,20,21)/b13-8+. The van der Waals surface area contributed by atoms with Crippen molar-refractivity contribution in [3.63, 3.8) is 0 Å². The second kappa shape index (κ2) is 8.21. The van der Waals surface area contributed by atoms with Crippen molar-refractivity contribution >= 4 is 57.4 Å². The van der Waals surface area contributed by atoms with Crippen LogP contribution in [0, 0.1) is 15.9 Å². The van der Waals surface area contributed by atoms with Crippen molar-refractivity contribution in [2.75, 3.05) is 13.7 Å². The SMILES string of the molecule is C#CCOc1c(I)cc(/C=C2/SC(NC(C)=O)=NC2=O)cc1OC. The van der Waals surface area contributed by atoms with Gasteiger partial charge in [-0.25, -0.2) is 0 Å². The van der Waals surface area contributed by atoms with Gasteiger partial charge in [-0.05, 0) is 58.1 Å². The maximum absolute atomic E-state index is 11.9. The molecule has 1 aromatic carbocycles. The Kier molecular flexibility index (Phi) is 6.28. The molecule has 0 aromatic heterocycles. The Hall–Kier alpha value is -1.99. The lowest BCUT2D eigenvalue weighted by Crippen LogP contribution is -2.23. The van der Waals surface area contributed by atoms with Gasteiger partial charge in [-0.2, -0.15) is 4.99 Å². The van der Waals surface area contributed by atoms with Crippen LogP contribution >= 0.6 is 34.4 Å². The van der Waals surface area contributed by atoms with Crippen LogP contribution in [0.2, 0.25) is 0 Å². The molecule has 2 amide bonds. The van der Waals surface area contributed by atoms with Crippen LogP contribution < -0.4 is 14.8 Å². The summed E-state index contributed by atoms with van der Waals surface area (Å²) in [7, 11) is 1.53. The van der Waals surface area contributed by atoms with Crippen molar-refractivity contribution in [3.8, 4) is 23.8 Å². The monoisotopic (exact) mass is 456 g/mol. The summed E-state index contributed by atoms with van der Waals surface area (Å²) in [5.74, 6) is 2.80. The van der Waals surface area contributed by atoms with Gasteiger partial charge in [0.25, 0.3) is 5.91 Å². The number of benzene rings is 1. The molecule has 0 radical (unpaired) electrons. The number of terminal acetylenes is 1. The molecule has 1 N–H and O–H groups in total. The minimum Gasteiger partial charge on any atom is -0.493 e. The van der Waals surface area contributed by atoms with Crippen LogP contribution in [0.15, 0.2) is 22.0 Å². The molecule has 8 heteroatoms. The number of rotatable bonds is 4. The average Bonchev–Trinajstić information content (AvgIpc) is 2.84. The topological polar surface area (TPSA) is 77.0 Å². The summed E-state index contributed by atoms with van der Waals surface area (Å²) >= 11 is 3.21. The molecule has 0 saturated heterocycles. The van der Waals surface area contributed by atoms with Gasteiger partial charge in [-0.1, -0.05) is 5.92 Å². The van der Waals surface area contributed by atoms with E-state index in [0.717, 1.165) is 20.9 Å². The van der Waals surface area contributed by atoms with E-state index in [1.807, 2.05) is 6.07 Å². The maximum Gasteiger partial charge on any atom is 0.286 e. The third kappa shape index (κ3) is 4.52. The quantitative estimate of drug-likeness (QED) is 0.428. The number of thioether (sulfide) groups is 1. The maximum atomic E-state index is 11.9. The molecule has 124 valence electrons. The Balaban J connectivity index is 2.28. The summed E-state index contributed by atoms with van der Waals surface area (Å²) in [5, 5.41) is 2.77. The molecule has 2 rings (SSSR count). The third-order valence-corrected chi connectivity index (χ3v) is 4.45. The first-order valence-electron chi connectivity index (χ1n) is 6.68. The number of amidine groups is 1. The lowest BCUT2D eigenvalue weighted by molar-refractivity contribution is -0.117. The Morgan fingerprint density at radius 1 is 1.54 bits per heavy atom. The van der Waals surface area contributed by atoms with Crippen LogP contribution in [-0.4, -0.2) is 30.7 Å². The normalized spacial score (nSPS) is 15.0. The molecule has 0 spiro atoms. The van der Waals surface area contributed by atoms with Crippen molar-refractivity contribution < 1.29 is 19.1 Å². The van der Waals surface area contributed by atoms with Gasteiger partial charge >= 0.3 is 0 Å². The zero-order valence-electron chi connectivity index (χ0n) is 12.9. The number of carbonyl (C=O) groups excluding carboxylic acids is 2. The highest BCUT2D eigenvalue weighted by Crippen LogP contribution is 2.36. The van der Waals surface area contributed by atoms with Gasteiger partial charge in [0.2, 0.25) is 5.91 Å². The van der Waals surface area contributed by atoms with E-state index in [9.17, 15) is 9.59 Å². The molecule has 0 unspecified atom stereocenters. The van der Waals surface area contributed by atoms with Crippen LogP contribution in [0.3, 0.4) is 0 Å². The van der Waals surface area contributed by atoms with Crippen molar-refractivity contribution in [1.29, 1.82) is 0 Å².